The summed E-state index contributed by atoms with van der Waals surface area (Å²) in [6.45, 7) is 0. The van der Waals surface area contributed by atoms with Crippen molar-refractivity contribution >= 4 is 23.4 Å². The Morgan fingerprint density at radius 1 is 1.04 bits per heavy atom. The lowest BCUT2D eigenvalue weighted by molar-refractivity contribution is -0.0535. The standard InChI is InChI=1S/C21H26ClN3S/c1-25-19(12-21-9-15-6-16(10-21)8-17(7-15)11-21)23-24-20(25)26-13-14-2-4-18(22)5-3-14/h2-5,15-17H,6-13H2,1H3. The van der Waals surface area contributed by atoms with Crippen molar-refractivity contribution < 1.29 is 0 Å². The van der Waals surface area contributed by atoms with Gasteiger partial charge in [0, 0.05) is 24.2 Å². The summed E-state index contributed by atoms with van der Waals surface area (Å²) in [7, 11) is 2.14. The molecule has 1 aromatic heterocycles. The van der Waals surface area contributed by atoms with E-state index in [2.05, 4.69) is 33.9 Å². The third-order valence-electron chi connectivity index (χ3n) is 6.90. The first-order chi connectivity index (χ1) is 12.6. The number of thioether (sulfide) groups is 1. The lowest BCUT2D eigenvalue weighted by Gasteiger charge is -2.56. The molecule has 0 unspecified atom stereocenters. The summed E-state index contributed by atoms with van der Waals surface area (Å²) < 4.78 is 2.24. The van der Waals surface area contributed by atoms with Crippen molar-refractivity contribution in [2.75, 3.05) is 0 Å². The minimum Gasteiger partial charge on any atom is -0.309 e. The van der Waals surface area contributed by atoms with Gasteiger partial charge in [0.05, 0.1) is 0 Å². The second-order valence-corrected chi connectivity index (χ2v) is 10.3. The number of nitrogens with zero attached hydrogens (tertiary/aromatic N) is 3. The second-order valence-electron chi connectivity index (χ2n) is 8.97. The summed E-state index contributed by atoms with van der Waals surface area (Å²) in [6, 6.07) is 8.07. The molecule has 0 amide bonds. The fraction of sp³-hybridized carbons (Fsp3) is 0.619. The molecular formula is C21H26ClN3S. The normalized spacial score (nSPS) is 32.3. The van der Waals surface area contributed by atoms with Gasteiger partial charge in [-0.2, -0.15) is 0 Å². The van der Waals surface area contributed by atoms with Gasteiger partial charge in [-0.3, -0.25) is 0 Å². The molecule has 1 heterocycles. The van der Waals surface area contributed by atoms with E-state index in [0.29, 0.717) is 5.41 Å². The van der Waals surface area contributed by atoms with Crippen molar-refractivity contribution in [2.24, 2.45) is 30.2 Å². The number of aromatic nitrogens is 3. The van der Waals surface area contributed by atoms with Gasteiger partial charge in [-0.25, -0.2) is 0 Å². The second kappa shape index (κ2) is 6.56. The quantitative estimate of drug-likeness (QED) is 0.633. The molecule has 4 fully saturated rings. The van der Waals surface area contributed by atoms with Gasteiger partial charge in [-0.05, 0) is 79.4 Å². The highest BCUT2D eigenvalue weighted by molar-refractivity contribution is 7.98. The zero-order valence-electron chi connectivity index (χ0n) is 15.3. The van der Waals surface area contributed by atoms with E-state index in [1.54, 1.807) is 11.8 Å². The van der Waals surface area contributed by atoms with E-state index >= 15 is 0 Å². The first kappa shape index (κ1) is 17.1. The number of hydrogen-bond acceptors (Lipinski definition) is 3. The molecule has 4 aliphatic carbocycles. The van der Waals surface area contributed by atoms with E-state index in [0.717, 1.165) is 40.1 Å². The number of rotatable bonds is 5. The van der Waals surface area contributed by atoms with Crippen LogP contribution in [0.25, 0.3) is 0 Å². The fourth-order valence-electron chi connectivity index (χ4n) is 6.20. The van der Waals surface area contributed by atoms with Crippen molar-refractivity contribution in [1.29, 1.82) is 0 Å². The van der Waals surface area contributed by atoms with E-state index < -0.39 is 0 Å². The van der Waals surface area contributed by atoms with Crippen LogP contribution in [-0.2, 0) is 19.2 Å². The minimum absolute atomic E-state index is 0.521. The summed E-state index contributed by atoms with van der Waals surface area (Å²) in [5.41, 5.74) is 1.79. The van der Waals surface area contributed by atoms with E-state index in [1.165, 1.54) is 49.9 Å². The summed E-state index contributed by atoms with van der Waals surface area (Å²) in [5, 5.41) is 10.9. The van der Waals surface area contributed by atoms with Gasteiger partial charge in [-0.15, -0.1) is 10.2 Å². The van der Waals surface area contributed by atoms with Crippen LogP contribution in [0.5, 0.6) is 0 Å². The van der Waals surface area contributed by atoms with Crippen molar-refractivity contribution in [3.05, 3.63) is 40.7 Å². The van der Waals surface area contributed by atoms with Crippen molar-refractivity contribution in [3.8, 4) is 0 Å². The highest BCUT2D eigenvalue weighted by Gasteiger charge is 2.51. The molecule has 26 heavy (non-hydrogen) atoms. The molecule has 0 spiro atoms. The van der Waals surface area contributed by atoms with Gasteiger partial charge in [-0.1, -0.05) is 35.5 Å². The van der Waals surface area contributed by atoms with Crippen LogP contribution < -0.4 is 0 Å². The summed E-state index contributed by atoms with van der Waals surface area (Å²) >= 11 is 7.74. The molecule has 4 saturated carbocycles. The number of benzene rings is 1. The van der Waals surface area contributed by atoms with E-state index in [4.69, 9.17) is 11.6 Å². The minimum atomic E-state index is 0.521. The maximum atomic E-state index is 5.97. The fourth-order valence-corrected chi connectivity index (χ4v) is 7.21. The highest BCUT2D eigenvalue weighted by atomic mass is 35.5. The molecule has 0 saturated heterocycles. The van der Waals surface area contributed by atoms with E-state index in [1.807, 2.05) is 12.1 Å². The molecule has 0 atom stereocenters. The first-order valence-corrected chi connectivity index (χ1v) is 11.2. The molecule has 2 aromatic rings. The SMILES string of the molecule is Cn1c(CC23CC4CC(CC(C4)C2)C3)nnc1SCc1ccc(Cl)cc1. The zero-order chi connectivity index (χ0) is 17.7. The lowest BCUT2D eigenvalue weighted by Crippen LogP contribution is -2.47. The molecule has 0 radical (unpaired) electrons. The maximum Gasteiger partial charge on any atom is 0.191 e. The average Bonchev–Trinajstić information content (AvgIpc) is 2.93. The van der Waals surface area contributed by atoms with Crippen molar-refractivity contribution in [3.63, 3.8) is 0 Å². The molecule has 5 heteroatoms. The third-order valence-corrected chi connectivity index (χ3v) is 8.25. The van der Waals surface area contributed by atoms with Crippen LogP contribution in [0, 0.1) is 23.2 Å². The largest absolute Gasteiger partial charge is 0.309 e. The van der Waals surface area contributed by atoms with Crippen LogP contribution in [-0.4, -0.2) is 14.8 Å². The van der Waals surface area contributed by atoms with Gasteiger partial charge in [0.2, 0.25) is 0 Å². The highest BCUT2D eigenvalue weighted by Crippen LogP contribution is 2.60. The van der Waals surface area contributed by atoms with E-state index in [-0.39, 0.29) is 0 Å². The Morgan fingerprint density at radius 3 is 2.27 bits per heavy atom. The van der Waals surface area contributed by atoms with Crippen LogP contribution in [0.15, 0.2) is 29.4 Å². The first-order valence-electron chi connectivity index (χ1n) is 9.84. The molecule has 6 rings (SSSR count). The predicted octanol–water partition coefficient (Wildman–Crippen LogP) is 5.52. The molecule has 3 nitrogen and oxygen atoms in total. The number of hydrogen-bond donors (Lipinski definition) is 0. The monoisotopic (exact) mass is 387 g/mol. The summed E-state index contributed by atoms with van der Waals surface area (Å²) in [6.07, 6.45) is 9.92. The molecule has 138 valence electrons. The van der Waals surface area contributed by atoms with Crippen LogP contribution in [0.2, 0.25) is 5.02 Å². The topological polar surface area (TPSA) is 30.7 Å². The predicted molar refractivity (Wildman–Crippen MR) is 106 cm³/mol. The molecular weight excluding hydrogens is 362 g/mol. The van der Waals surface area contributed by atoms with Gasteiger partial charge in [0.1, 0.15) is 5.82 Å². The smallest absolute Gasteiger partial charge is 0.191 e. The Balaban J connectivity index is 1.28. The van der Waals surface area contributed by atoms with Gasteiger partial charge in [0.25, 0.3) is 0 Å². The van der Waals surface area contributed by atoms with Crippen molar-refractivity contribution in [2.45, 2.75) is 55.9 Å². The maximum absolute atomic E-state index is 5.97. The van der Waals surface area contributed by atoms with Crippen LogP contribution >= 0.6 is 23.4 Å². The Kier molecular flexibility index (Phi) is 4.32. The Morgan fingerprint density at radius 2 is 1.65 bits per heavy atom. The molecule has 0 aliphatic heterocycles. The van der Waals surface area contributed by atoms with Crippen LogP contribution in [0.4, 0.5) is 0 Å². The van der Waals surface area contributed by atoms with Gasteiger partial charge in [0.15, 0.2) is 5.16 Å². The lowest BCUT2D eigenvalue weighted by atomic mass is 9.49. The average molecular weight is 388 g/mol. The van der Waals surface area contributed by atoms with Crippen LogP contribution in [0.3, 0.4) is 0 Å². The molecule has 4 bridgehead atoms. The zero-order valence-corrected chi connectivity index (χ0v) is 16.9. The van der Waals surface area contributed by atoms with Crippen LogP contribution in [0.1, 0.15) is 49.9 Å². The number of halogens is 1. The van der Waals surface area contributed by atoms with Gasteiger partial charge >= 0.3 is 0 Å². The molecule has 1 aromatic carbocycles. The summed E-state index contributed by atoms with van der Waals surface area (Å²) in [5.74, 6) is 5.07. The Bertz CT molecular complexity index is 763. The van der Waals surface area contributed by atoms with Gasteiger partial charge < -0.3 is 4.57 Å². The Hall–Kier alpha value is -1.00. The summed E-state index contributed by atoms with van der Waals surface area (Å²) in [4.78, 5) is 0. The molecule has 0 N–H and O–H groups in total. The third kappa shape index (κ3) is 3.20. The molecule has 4 aliphatic rings. The van der Waals surface area contributed by atoms with E-state index in [9.17, 15) is 0 Å². The van der Waals surface area contributed by atoms with Crippen molar-refractivity contribution in [1.82, 2.24) is 14.8 Å². The Labute approximate surface area is 164 Å².